The maximum absolute atomic E-state index is 12.2. The van der Waals surface area contributed by atoms with E-state index in [-0.39, 0.29) is 11.4 Å². The van der Waals surface area contributed by atoms with Crippen molar-refractivity contribution in [3.8, 4) is 6.07 Å². The number of hydrogen-bond acceptors (Lipinski definition) is 3. The molecule has 4 heteroatoms. The second-order valence-corrected chi connectivity index (χ2v) is 4.77. The first kappa shape index (κ1) is 13.3. The van der Waals surface area contributed by atoms with Gasteiger partial charge in [-0.05, 0) is 30.7 Å². The van der Waals surface area contributed by atoms with Crippen molar-refractivity contribution in [1.82, 2.24) is 0 Å². The summed E-state index contributed by atoms with van der Waals surface area (Å²) in [6.07, 6.45) is 3.01. The Morgan fingerprint density at radius 3 is 2.68 bits per heavy atom. The molecule has 3 nitrogen and oxygen atoms in total. The van der Waals surface area contributed by atoms with Crippen molar-refractivity contribution in [2.45, 2.75) is 6.92 Å². The fourth-order valence-corrected chi connectivity index (χ4v) is 2.06. The molecule has 0 radical (unpaired) electrons. The molecule has 0 aliphatic heterocycles. The number of nitriles is 1. The van der Waals surface area contributed by atoms with Crippen LogP contribution in [-0.2, 0) is 0 Å². The van der Waals surface area contributed by atoms with Crippen LogP contribution in [0.1, 0.15) is 21.7 Å². The van der Waals surface area contributed by atoms with E-state index in [1.165, 1.54) is 6.26 Å². The zero-order valence-electron chi connectivity index (χ0n) is 10.2. The number of nitrogens with zero attached hydrogens (tertiary/aromatic N) is 1. The SMILES string of the molecule is Cc1occc1C(=O)/C(C#N)=C/c1ccccc1Br. The van der Waals surface area contributed by atoms with Crippen LogP contribution in [0.25, 0.3) is 6.08 Å². The predicted octanol–water partition coefficient (Wildman–Crippen LogP) is 4.14. The molecule has 0 bridgehead atoms. The van der Waals surface area contributed by atoms with Crippen molar-refractivity contribution < 1.29 is 9.21 Å². The molecular formula is C15H10BrNO2. The summed E-state index contributed by atoms with van der Waals surface area (Å²) < 4.78 is 5.92. The fourth-order valence-electron chi connectivity index (χ4n) is 1.66. The molecule has 0 fully saturated rings. The van der Waals surface area contributed by atoms with E-state index in [1.807, 2.05) is 30.3 Å². The maximum atomic E-state index is 12.2. The Kier molecular flexibility index (Phi) is 3.98. The third-order valence-corrected chi connectivity index (χ3v) is 3.40. The molecule has 2 aromatic rings. The Balaban J connectivity index is 2.42. The van der Waals surface area contributed by atoms with Crippen LogP contribution in [0.5, 0.6) is 0 Å². The summed E-state index contributed by atoms with van der Waals surface area (Å²) in [5.41, 5.74) is 1.28. The average molecular weight is 316 g/mol. The number of hydrogen-bond donors (Lipinski definition) is 0. The van der Waals surface area contributed by atoms with Gasteiger partial charge in [0.05, 0.1) is 11.8 Å². The number of ketones is 1. The fraction of sp³-hybridized carbons (Fsp3) is 0.0667. The number of furan rings is 1. The van der Waals surface area contributed by atoms with Gasteiger partial charge in [0, 0.05) is 4.47 Å². The van der Waals surface area contributed by atoms with Crippen LogP contribution in [0.3, 0.4) is 0 Å². The number of carbonyl (C=O) groups excluding carboxylic acids is 1. The van der Waals surface area contributed by atoms with Gasteiger partial charge < -0.3 is 4.42 Å². The topological polar surface area (TPSA) is 54.0 Å². The third-order valence-electron chi connectivity index (χ3n) is 2.67. The van der Waals surface area contributed by atoms with Crippen LogP contribution in [0.2, 0.25) is 0 Å². The van der Waals surface area contributed by atoms with E-state index < -0.39 is 0 Å². The molecule has 0 spiro atoms. The molecule has 1 aromatic heterocycles. The van der Waals surface area contributed by atoms with E-state index in [2.05, 4.69) is 15.9 Å². The van der Waals surface area contributed by atoms with Gasteiger partial charge >= 0.3 is 0 Å². The van der Waals surface area contributed by atoms with Gasteiger partial charge in [-0.2, -0.15) is 5.26 Å². The Labute approximate surface area is 119 Å². The van der Waals surface area contributed by atoms with Crippen molar-refractivity contribution in [2.24, 2.45) is 0 Å². The zero-order chi connectivity index (χ0) is 13.8. The normalized spacial score (nSPS) is 11.1. The molecule has 0 unspecified atom stereocenters. The van der Waals surface area contributed by atoms with E-state index in [4.69, 9.17) is 9.68 Å². The molecule has 1 aromatic carbocycles. The third kappa shape index (κ3) is 2.83. The number of aryl methyl sites for hydroxylation is 1. The summed E-state index contributed by atoms with van der Waals surface area (Å²) in [6, 6.07) is 10.9. The highest BCUT2D eigenvalue weighted by molar-refractivity contribution is 9.10. The molecule has 1 heterocycles. The minimum Gasteiger partial charge on any atom is -0.469 e. The molecule has 0 saturated carbocycles. The van der Waals surface area contributed by atoms with E-state index >= 15 is 0 Å². The van der Waals surface area contributed by atoms with E-state index in [0.717, 1.165) is 10.0 Å². The summed E-state index contributed by atoms with van der Waals surface area (Å²) in [4.78, 5) is 12.2. The van der Waals surface area contributed by atoms with Gasteiger partial charge in [0.1, 0.15) is 17.4 Å². The first-order valence-electron chi connectivity index (χ1n) is 5.58. The van der Waals surface area contributed by atoms with Crippen molar-refractivity contribution in [3.05, 3.63) is 63.5 Å². The molecule has 19 heavy (non-hydrogen) atoms. The number of halogens is 1. The molecule has 0 N–H and O–H groups in total. The Bertz CT molecular complexity index is 692. The smallest absolute Gasteiger partial charge is 0.207 e. The molecule has 0 aliphatic carbocycles. The lowest BCUT2D eigenvalue weighted by Crippen LogP contribution is -2.02. The quantitative estimate of drug-likeness (QED) is 0.486. The summed E-state index contributed by atoms with van der Waals surface area (Å²) in [5, 5.41) is 9.15. The first-order valence-corrected chi connectivity index (χ1v) is 6.38. The van der Waals surface area contributed by atoms with Gasteiger partial charge in [-0.1, -0.05) is 34.1 Å². The van der Waals surface area contributed by atoms with Crippen LogP contribution < -0.4 is 0 Å². The lowest BCUT2D eigenvalue weighted by Gasteiger charge is -2.00. The zero-order valence-corrected chi connectivity index (χ0v) is 11.8. The van der Waals surface area contributed by atoms with Crippen molar-refractivity contribution in [1.29, 1.82) is 5.26 Å². The highest BCUT2D eigenvalue weighted by Crippen LogP contribution is 2.21. The standard InChI is InChI=1S/C15H10BrNO2/c1-10-13(6-7-19-10)15(18)12(9-17)8-11-4-2-3-5-14(11)16/h2-8H,1H3/b12-8+. The van der Waals surface area contributed by atoms with Crippen LogP contribution in [-0.4, -0.2) is 5.78 Å². The molecule has 0 saturated heterocycles. The van der Waals surface area contributed by atoms with Gasteiger partial charge in [-0.15, -0.1) is 0 Å². The van der Waals surface area contributed by atoms with Gasteiger partial charge in [0.2, 0.25) is 5.78 Å². The van der Waals surface area contributed by atoms with Gasteiger partial charge in [-0.3, -0.25) is 4.79 Å². The summed E-state index contributed by atoms with van der Waals surface area (Å²) in [5.74, 6) is 0.183. The number of carbonyl (C=O) groups is 1. The Hall–Kier alpha value is -2.12. The van der Waals surface area contributed by atoms with Crippen molar-refractivity contribution >= 4 is 27.8 Å². The molecule has 94 valence electrons. The second kappa shape index (κ2) is 5.68. The van der Waals surface area contributed by atoms with Crippen LogP contribution in [0.15, 0.2) is 51.1 Å². The van der Waals surface area contributed by atoms with Crippen LogP contribution in [0, 0.1) is 18.3 Å². The first-order chi connectivity index (χ1) is 9.13. The average Bonchev–Trinajstić information content (AvgIpc) is 2.83. The molecule has 2 rings (SSSR count). The van der Waals surface area contributed by atoms with Gasteiger partial charge in [-0.25, -0.2) is 0 Å². The lowest BCUT2D eigenvalue weighted by atomic mass is 10.0. The minimum absolute atomic E-state index is 0.0800. The molecule has 0 atom stereocenters. The van der Waals surface area contributed by atoms with Crippen molar-refractivity contribution in [2.75, 3.05) is 0 Å². The monoisotopic (exact) mass is 315 g/mol. The Morgan fingerprint density at radius 1 is 1.37 bits per heavy atom. The van der Waals surface area contributed by atoms with Crippen LogP contribution in [0.4, 0.5) is 0 Å². The molecule has 0 aliphatic rings. The number of Topliss-reactive ketones (excluding diaryl/α,β-unsaturated/α-hetero) is 1. The predicted molar refractivity (Wildman–Crippen MR) is 75.5 cm³/mol. The lowest BCUT2D eigenvalue weighted by molar-refractivity contribution is 0.103. The Morgan fingerprint density at radius 2 is 2.11 bits per heavy atom. The largest absolute Gasteiger partial charge is 0.469 e. The second-order valence-electron chi connectivity index (χ2n) is 3.91. The highest BCUT2D eigenvalue weighted by Gasteiger charge is 2.16. The van der Waals surface area contributed by atoms with Crippen molar-refractivity contribution in [3.63, 3.8) is 0 Å². The van der Waals surface area contributed by atoms with E-state index in [0.29, 0.717) is 11.3 Å². The highest BCUT2D eigenvalue weighted by atomic mass is 79.9. The van der Waals surface area contributed by atoms with Crippen LogP contribution >= 0.6 is 15.9 Å². The number of allylic oxidation sites excluding steroid dienone is 1. The van der Waals surface area contributed by atoms with E-state index in [1.54, 1.807) is 19.1 Å². The number of benzene rings is 1. The van der Waals surface area contributed by atoms with Gasteiger partial charge in [0.15, 0.2) is 0 Å². The van der Waals surface area contributed by atoms with Gasteiger partial charge in [0.25, 0.3) is 0 Å². The maximum Gasteiger partial charge on any atom is 0.207 e. The molecular weight excluding hydrogens is 306 g/mol. The summed E-state index contributed by atoms with van der Waals surface area (Å²) in [6.45, 7) is 1.70. The number of rotatable bonds is 3. The summed E-state index contributed by atoms with van der Waals surface area (Å²) in [7, 11) is 0. The molecule has 0 amide bonds. The van der Waals surface area contributed by atoms with E-state index in [9.17, 15) is 4.79 Å². The summed E-state index contributed by atoms with van der Waals surface area (Å²) >= 11 is 3.38. The minimum atomic E-state index is -0.329.